The lowest BCUT2D eigenvalue weighted by Crippen LogP contribution is -2.10. The Morgan fingerprint density at radius 3 is 2.70 bits per heavy atom. The first-order chi connectivity index (χ1) is 10.8. The second-order valence-electron chi connectivity index (χ2n) is 5.84. The van der Waals surface area contributed by atoms with E-state index < -0.39 is 4.92 Å². The van der Waals surface area contributed by atoms with Gasteiger partial charge in [-0.3, -0.25) is 20.2 Å². The molecule has 2 aromatic rings. The summed E-state index contributed by atoms with van der Waals surface area (Å²) in [4.78, 5) is 22.1. The van der Waals surface area contributed by atoms with Crippen LogP contribution in [-0.4, -0.2) is 21.0 Å². The highest BCUT2D eigenvalue weighted by Crippen LogP contribution is 2.27. The molecule has 0 saturated carbocycles. The second-order valence-corrected chi connectivity index (χ2v) is 6.81. The van der Waals surface area contributed by atoms with Crippen molar-refractivity contribution in [3.8, 4) is 0 Å². The summed E-state index contributed by atoms with van der Waals surface area (Å²) in [5.41, 5.74) is 0.424. The molecule has 0 unspecified atom stereocenters. The van der Waals surface area contributed by atoms with Crippen LogP contribution in [0.25, 0.3) is 6.08 Å². The highest BCUT2D eigenvalue weighted by Gasteiger charge is 2.19. The van der Waals surface area contributed by atoms with Crippen molar-refractivity contribution >= 4 is 34.1 Å². The van der Waals surface area contributed by atoms with Crippen molar-refractivity contribution in [3.05, 3.63) is 51.0 Å². The summed E-state index contributed by atoms with van der Waals surface area (Å²) in [5.74, 6) is -0.367. The molecule has 0 spiro atoms. The molecule has 23 heavy (non-hydrogen) atoms. The van der Waals surface area contributed by atoms with E-state index in [0.29, 0.717) is 10.7 Å². The third-order valence-electron chi connectivity index (χ3n) is 2.80. The number of hydrogen-bond acceptors (Lipinski definition) is 6. The SMILES string of the molecule is CC(C)(C)c1nnc(NC(=O)C=Cc2cccc([N+](=O)[O-])c2)s1. The molecule has 1 amide bonds. The Kier molecular flexibility index (Phi) is 4.85. The van der Waals surface area contributed by atoms with Crippen molar-refractivity contribution in [1.82, 2.24) is 10.2 Å². The van der Waals surface area contributed by atoms with Crippen LogP contribution in [0.15, 0.2) is 30.3 Å². The number of carbonyl (C=O) groups excluding carboxylic acids is 1. The summed E-state index contributed by atoms with van der Waals surface area (Å²) in [6.45, 7) is 6.05. The zero-order valence-corrected chi connectivity index (χ0v) is 13.8. The van der Waals surface area contributed by atoms with Gasteiger partial charge in [-0.2, -0.15) is 0 Å². The molecule has 8 heteroatoms. The summed E-state index contributed by atoms with van der Waals surface area (Å²) in [6.07, 6.45) is 2.81. The van der Waals surface area contributed by atoms with Gasteiger partial charge in [0.25, 0.3) is 5.69 Å². The van der Waals surface area contributed by atoms with Gasteiger partial charge in [-0.1, -0.05) is 44.2 Å². The quantitative estimate of drug-likeness (QED) is 0.525. The predicted molar refractivity (Wildman–Crippen MR) is 89.4 cm³/mol. The third kappa shape index (κ3) is 4.68. The van der Waals surface area contributed by atoms with E-state index in [9.17, 15) is 14.9 Å². The average molecular weight is 332 g/mol. The van der Waals surface area contributed by atoms with E-state index in [-0.39, 0.29) is 17.0 Å². The lowest BCUT2D eigenvalue weighted by molar-refractivity contribution is -0.384. The lowest BCUT2D eigenvalue weighted by Gasteiger charge is -2.12. The largest absolute Gasteiger partial charge is 0.297 e. The van der Waals surface area contributed by atoms with E-state index in [2.05, 4.69) is 15.5 Å². The molecule has 0 bridgehead atoms. The van der Waals surface area contributed by atoms with E-state index in [1.807, 2.05) is 20.8 Å². The fraction of sp³-hybridized carbons (Fsp3) is 0.267. The van der Waals surface area contributed by atoms with Crippen LogP contribution in [0.4, 0.5) is 10.8 Å². The van der Waals surface area contributed by atoms with Gasteiger partial charge in [-0.05, 0) is 11.6 Å². The smallest absolute Gasteiger partial charge is 0.270 e. The molecule has 1 N–H and O–H groups in total. The highest BCUT2D eigenvalue weighted by molar-refractivity contribution is 7.15. The van der Waals surface area contributed by atoms with Gasteiger partial charge < -0.3 is 0 Å². The third-order valence-corrected chi connectivity index (χ3v) is 4.07. The van der Waals surface area contributed by atoms with E-state index >= 15 is 0 Å². The van der Waals surface area contributed by atoms with E-state index in [1.165, 1.54) is 35.6 Å². The summed E-state index contributed by atoms with van der Waals surface area (Å²) in [7, 11) is 0. The summed E-state index contributed by atoms with van der Waals surface area (Å²) in [5, 5.41) is 22.6. The van der Waals surface area contributed by atoms with E-state index in [4.69, 9.17) is 0 Å². The first-order valence-corrected chi connectivity index (χ1v) is 7.65. The minimum absolute atomic E-state index is 0.0218. The molecule has 1 heterocycles. The Morgan fingerprint density at radius 1 is 1.35 bits per heavy atom. The number of hydrogen-bond donors (Lipinski definition) is 1. The predicted octanol–water partition coefficient (Wildman–Crippen LogP) is 3.40. The van der Waals surface area contributed by atoms with E-state index in [0.717, 1.165) is 5.01 Å². The normalized spacial score (nSPS) is 11.6. The molecular formula is C15H16N4O3S. The molecule has 2 rings (SSSR count). The number of nitrogens with zero attached hydrogens (tertiary/aromatic N) is 3. The summed E-state index contributed by atoms with van der Waals surface area (Å²) < 4.78 is 0. The fourth-order valence-corrected chi connectivity index (χ4v) is 2.44. The molecule has 0 radical (unpaired) electrons. The van der Waals surface area contributed by atoms with Crippen molar-refractivity contribution in [2.24, 2.45) is 0 Å². The first-order valence-electron chi connectivity index (χ1n) is 6.83. The topological polar surface area (TPSA) is 98.0 Å². The Balaban J connectivity index is 2.03. The van der Waals surface area contributed by atoms with Gasteiger partial charge in [0.15, 0.2) is 0 Å². The Hall–Kier alpha value is -2.61. The van der Waals surface area contributed by atoms with Crippen LogP contribution < -0.4 is 5.32 Å². The number of nitro benzene ring substituents is 1. The fourth-order valence-electron chi connectivity index (χ4n) is 1.64. The maximum Gasteiger partial charge on any atom is 0.270 e. The minimum Gasteiger partial charge on any atom is -0.297 e. The van der Waals surface area contributed by atoms with Gasteiger partial charge in [-0.25, -0.2) is 0 Å². The summed E-state index contributed by atoms with van der Waals surface area (Å²) in [6, 6.07) is 6.04. The molecule has 1 aromatic carbocycles. The number of rotatable bonds is 4. The van der Waals surface area contributed by atoms with Crippen LogP contribution in [0.5, 0.6) is 0 Å². The van der Waals surface area contributed by atoms with Crippen molar-refractivity contribution in [1.29, 1.82) is 0 Å². The molecule has 0 fully saturated rings. The number of carbonyl (C=O) groups is 1. The van der Waals surface area contributed by atoms with Crippen LogP contribution in [0.1, 0.15) is 31.3 Å². The van der Waals surface area contributed by atoms with Gasteiger partial charge in [0, 0.05) is 23.6 Å². The molecule has 0 aliphatic carbocycles. The number of nitrogens with one attached hydrogen (secondary N) is 1. The molecule has 0 aliphatic heterocycles. The number of nitro groups is 1. The maximum atomic E-state index is 11.9. The van der Waals surface area contributed by atoms with Crippen LogP contribution >= 0.6 is 11.3 Å². The molecule has 7 nitrogen and oxygen atoms in total. The van der Waals surface area contributed by atoms with Crippen molar-refractivity contribution in [2.45, 2.75) is 26.2 Å². The Morgan fingerprint density at radius 2 is 2.09 bits per heavy atom. The van der Waals surface area contributed by atoms with Gasteiger partial charge in [-0.15, -0.1) is 10.2 Å². The van der Waals surface area contributed by atoms with Crippen molar-refractivity contribution in [3.63, 3.8) is 0 Å². The molecular weight excluding hydrogens is 316 g/mol. The zero-order chi connectivity index (χ0) is 17.0. The van der Waals surface area contributed by atoms with Crippen molar-refractivity contribution in [2.75, 3.05) is 5.32 Å². The first kappa shape index (κ1) is 16.8. The van der Waals surface area contributed by atoms with Gasteiger partial charge in [0.05, 0.1) is 4.92 Å². The van der Waals surface area contributed by atoms with Gasteiger partial charge in [0.2, 0.25) is 11.0 Å². The van der Waals surface area contributed by atoms with Crippen LogP contribution in [0, 0.1) is 10.1 Å². The Labute approximate surface area is 137 Å². The van der Waals surface area contributed by atoms with Crippen LogP contribution in [0.3, 0.4) is 0 Å². The maximum absolute atomic E-state index is 11.9. The monoisotopic (exact) mass is 332 g/mol. The van der Waals surface area contributed by atoms with Crippen molar-refractivity contribution < 1.29 is 9.72 Å². The molecule has 0 atom stereocenters. The zero-order valence-electron chi connectivity index (χ0n) is 12.9. The Bertz CT molecular complexity index is 762. The average Bonchev–Trinajstić information content (AvgIpc) is 2.94. The number of anilines is 1. The van der Waals surface area contributed by atoms with Gasteiger partial charge >= 0.3 is 0 Å². The number of aromatic nitrogens is 2. The number of amides is 1. The van der Waals surface area contributed by atoms with Crippen LogP contribution in [0.2, 0.25) is 0 Å². The highest BCUT2D eigenvalue weighted by atomic mass is 32.1. The lowest BCUT2D eigenvalue weighted by atomic mass is 9.98. The standard InChI is InChI=1S/C15H16N4O3S/c1-15(2,3)13-17-18-14(23-13)16-12(20)8-7-10-5-4-6-11(9-10)19(21)22/h4-9H,1-3H3,(H,16,18,20). The van der Waals surface area contributed by atoms with Gasteiger partial charge in [0.1, 0.15) is 5.01 Å². The number of benzene rings is 1. The summed E-state index contributed by atoms with van der Waals surface area (Å²) >= 11 is 1.32. The number of non-ortho nitro benzene ring substituents is 1. The second kappa shape index (κ2) is 6.66. The van der Waals surface area contributed by atoms with Crippen LogP contribution in [-0.2, 0) is 10.2 Å². The molecule has 0 aliphatic rings. The minimum atomic E-state index is -0.479. The molecule has 0 saturated heterocycles. The molecule has 120 valence electrons. The molecule has 1 aromatic heterocycles. The van der Waals surface area contributed by atoms with E-state index in [1.54, 1.807) is 12.1 Å².